The van der Waals surface area contributed by atoms with Gasteiger partial charge in [-0.15, -0.1) is 47.5 Å². The Balaban J connectivity index is 0.00000169. The van der Waals surface area contributed by atoms with Crippen molar-refractivity contribution < 1.29 is 4.39 Å². The molecule has 0 saturated carbocycles. The molecule has 0 amide bonds. The molecule has 0 aliphatic heterocycles. The molecule has 0 fully saturated rings. The number of hydrogen-bond acceptors (Lipinski definition) is 6. The number of thiazole rings is 1. The molecular weight excluding hydrogens is 461 g/mol. The lowest BCUT2D eigenvalue weighted by Gasteiger charge is -2.07. The fourth-order valence-electron chi connectivity index (χ4n) is 2.31. The predicted molar refractivity (Wildman–Crippen MR) is 116 cm³/mol. The number of halogens is 5. The number of hydrogen-bond donors (Lipinski definition) is 2. The first-order chi connectivity index (χ1) is 11.6. The molecule has 0 bridgehead atoms. The van der Waals surface area contributed by atoms with Gasteiger partial charge in [0, 0.05) is 28.6 Å². The van der Waals surface area contributed by atoms with E-state index in [1.54, 1.807) is 23.6 Å². The van der Waals surface area contributed by atoms with Crippen LogP contribution in [0.4, 0.5) is 10.1 Å². The van der Waals surface area contributed by atoms with Crippen LogP contribution in [0.2, 0.25) is 10.2 Å². The van der Waals surface area contributed by atoms with Gasteiger partial charge in [-0.1, -0.05) is 23.2 Å². The summed E-state index contributed by atoms with van der Waals surface area (Å²) in [6, 6.07) is 1.51. The molecule has 0 unspecified atom stereocenters. The number of nitrogens with one attached hydrogen (secondary N) is 1. The zero-order chi connectivity index (χ0) is 17.1. The number of nitrogens with zero attached hydrogens (tertiary/aromatic N) is 2. The summed E-state index contributed by atoms with van der Waals surface area (Å²) in [4.78, 5) is 9.48. The minimum absolute atomic E-state index is 0. The van der Waals surface area contributed by atoms with Gasteiger partial charge >= 0.3 is 0 Å². The number of rotatable bonds is 7. The van der Waals surface area contributed by atoms with Crippen molar-refractivity contribution in [2.75, 3.05) is 12.0 Å². The third-order valence-corrected chi connectivity index (χ3v) is 6.19. The number of aromatic nitrogens is 2. The van der Waals surface area contributed by atoms with Gasteiger partial charge in [-0.3, -0.25) is 4.39 Å². The molecule has 0 aliphatic carbocycles. The van der Waals surface area contributed by atoms with E-state index in [1.807, 2.05) is 5.38 Å². The van der Waals surface area contributed by atoms with Gasteiger partial charge in [0.15, 0.2) is 0 Å². The van der Waals surface area contributed by atoms with Crippen LogP contribution < -0.4 is 11.1 Å². The summed E-state index contributed by atoms with van der Waals surface area (Å²) in [5.74, 6) is 0. The molecule has 3 aromatic rings. The standard InChI is InChI=1S/C15H15Cl2FN4S2.2ClH/c16-11-6-9(21-7-12-20-3-4-23-12)15-14(22-11)13(17)10(24-15)5-8(19)1-2-18;;/h3-4,6,8H,1-2,5,7,19H2,(H,21,22);2*1H/t8-;;/m0../s1. The van der Waals surface area contributed by atoms with E-state index in [4.69, 9.17) is 28.9 Å². The molecule has 26 heavy (non-hydrogen) atoms. The quantitative estimate of drug-likeness (QED) is 0.425. The van der Waals surface area contributed by atoms with Crippen LogP contribution in [0.5, 0.6) is 0 Å². The molecular formula is C15H17Cl4FN4S2. The molecule has 3 heterocycles. The van der Waals surface area contributed by atoms with Gasteiger partial charge in [-0.2, -0.15) is 0 Å². The van der Waals surface area contributed by atoms with Crippen molar-refractivity contribution in [2.24, 2.45) is 5.73 Å². The van der Waals surface area contributed by atoms with Crippen molar-refractivity contribution in [1.29, 1.82) is 0 Å². The molecule has 0 radical (unpaired) electrons. The van der Waals surface area contributed by atoms with E-state index >= 15 is 0 Å². The second-order valence-electron chi connectivity index (χ2n) is 5.23. The number of alkyl halides is 1. The second kappa shape index (κ2) is 10.8. The van der Waals surface area contributed by atoms with E-state index in [9.17, 15) is 4.39 Å². The fourth-order valence-corrected chi connectivity index (χ4v) is 4.66. The van der Waals surface area contributed by atoms with E-state index in [0.717, 1.165) is 20.3 Å². The van der Waals surface area contributed by atoms with E-state index in [-0.39, 0.29) is 30.9 Å². The first-order valence-corrected chi connectivity index (χ1v) is 9.75. The Hall–Kier alpha value is -0.410. The third kappa shape index (κ3) is 5.55. The molecule has 3 N–H and O–H groups in total. The first-order valence-electron chi connectivity index (χ1n) is 7.29. The van der Waals surface area contributed by atoms with Gasteiger partial charge in [0.1, 0.15) is 15.7 Å². The second-order valence-corrected chi connectivity index (χ2v) is 8.08. The van der Waals surface area contributed by atoms with E-state index in [0.29, 0.717) is 35.1 Å². The highest BCUT2D eigenvalue weighted by Gasteiger charge is 2.18. The summed E-state index contributed by atoms with van der Waals surface area (Å²) in [6.07, 6.45) is 2.60. The lowest BCUT2D eigenvalue weighted by molar-refractivity contribution is 0.436. The van der Waals surface area contributed by atoms with Crippen LogP contribution in [0.3, 0.4) is 0 Å². The Morgan fingerprint density at radius 3 is 2.73 bits per heavy atom. The molecule has 11 heteroatoms. The molecule has 1 atom stereocenters. The molecule has 144 valence electrons. The van der Waals surface area contributed by atoms with Gasteiger partial charge in [-0.05, 0) is 12.8 Å². The van der Waals surface area contributed by atoms with Crippen molar-refractivity contribution in [3.05, 3.63) is 37.7 Å². The van der Waals surface area contributed by atoms with Crippen LogP contribution in [0.1, 0.15) is 16.3 Å². The molecule has 0 aliphatic rings. The number of nitrogens with two attached hydrogens (primary N) is 1. The minimum Gasteiger partial charge on any atom is -0.377 e. The highest BCUT2D eigenvalue weighted by atomic mass is 35.5. The molecule has 4 nitrogen and oxygen atoms in total. The lowest BCUT2D eigenvalue weighted by atomic mass is 10.1. The minimum atomic E-state index is -0.436. The van der Waals surface area contributed by atoms with Crippen LogP contribution in [0.25, 0.3) is 10.2 Å². The Bertz CT molecular complexity index is 829. The maximum atomic E-state index is 12.4. The Morgan fingerprint density at radius 1 is 1.31 bits per heavy atom. The highest BCUT2D eigenvalue weighted by Crippen LogP contribution is 2.40. The smallest absolute Gasteiger partial charge is 0.131 e. The number of anilines is 1. The SMILES string of the molecule is Cl.Cl.N[C@@H](CCF)Cc1sc2c(NCc3nccs3)cc(Cl)nc2c1Cl. The van der Waals surface area contributed by atoms with Crippen molar-refractivity contribution in [1.82, 2.24) is 9.97 Å². The van der Waals surface area contributed by atoms with Crippen molar-refractivity contribution in [3.63, 3.8) is 0 Å². The predicted octanol–water partition coefficient (Wildman–Crippen LogP) is 5.74. The monoisotopic (exact) mass is 476 g/mol. The first kappa shape index (κ1) is 23.6. The van der Waals surface area contributed by atoms with Crippen molar-refractivity contribution in [3.8, 4) is 0 Å². The van der Waals surface area contributed by atoms with Crippen LogP contribution in [-0.4, -0.2) is 22.7 Å². The zero-order valence-electron chi connectivity index (χ0n) is 13.4. The molecule has 0 spiro atoms. The van der Waals surface area contributed by atoms with Crippen LogP contribution in [0.15, 0.2) is 17.6 Å². The van der Waals surface area contributed by atoms with E-state index in [1.165, 1.54) is 11.3 Å². The van der Waals surface area contributed by atoms with Gasteiger partial charge in [0.05, 0.1) is 28.6 Å². The highest BCUT2D eigenvalue weighted by molar-refractivity contribution is 7.20. The fraction of sp³-hybridized carbons (Fsp3) is 0.333. The number of pyridine rings is 1. The Morgan fingerprint density at radius 2 is 2.08 bits per heavy atom. The summed E-state index contributed by atoms with van der Waals surface area (Å²) >= 11 is 15.7. The maximum absolute atomic E-state index is 12.4. The van der Waals surface area contributed by atoms with E-state index in [2.05, 4.69) is 15.3 Å². The summed E-state index contributed by atoms with van der Waals surface area (Å²) in [5, 5.41) is 7.15. The maximum Gasteiger partial charge on any atom is 0.131 e. The molecule has 3 aromatic heterocycles. The van der Waals surface area contributed by atoms with Crippen LogP contribution in [0, 0.1) is 0 Å². The van der Waals surface area contributed by atoms with Gasteiger partial charge < -0.3 is 11.1 Å². The third-order valence-electron chi connectivity index (χ3n) is 3.46. The summed E-state index contributed by atoms with van der Waals surface area (Å²) in [6.45, 7) is 0.160. The summed E-state index contributed by atoms with van der Waals surface area (Å²) in [5.41, 5.74) is 7.45. The molecule has 0 saturated heterocycles. The molecule has 0 aromatic carbocycles. The average Bonchev–Trinajstić information content (AvgIpc) is 3.15. The Kier molecular flexibility index (Phi) is 9.82. The van der Waals surface area contributed by atoms with Gasteiger partial charge in [0.25, 0.3) is 0 Å². The molecule has 3 rings (SSSR count). The van der Waals surface area contributed by atoms with E-state index < -0.39 is 6.67 Å². The van der Waals surface area contributed by atoms with Crippen molar-refractivity contribution >= 4 is 86.6 Å². The van der Waals surface area contributed by atoms with Crippen LogP contribution in [-0.2, 0) is 13.0 Å². The van der Waals surface area contributed by atoms with Gasteiger partial charge in [0.2, 0.25) is 0 Å². The number of fused-ring (bicyclic) bond motifs is 1. The van der Waals surface area contributed by atoms with Crippen molar-refractivity contribution in [2.45, 2.75) is 25.4 Å². The normalized spacial score (nSPS) is 11.7. The van der Waals surface area contributed by atoms with Crippen LogP contribution >= 0.6 is 70.7 Å². The van der Waals surface area contributed by atoms with Gasteiger partial charge in [-0.25, -0.2) is 9.97 Å². The average molecular weight is 478 g/mol. The topological polar surface area (TPSA) is 63.8 Å². The summed E-state index contributed by atoms with van der Waals surface area (Å²) in [7, 11) is 0. The number of thiophene rings is 1. The Labute approximate surface area is 181 Å². The summed E-state index contributed by atoms with van der Waals surface area (Å²) < 4.78 is 13.4. The lowest BCUT2D eigenvalue weighted by Crippen LogP contribution is -2.22. The zero-order valence-corrected chi connectivity index (χ0v) is 18.2. The largest absolute Gasteiger partial charge is 0.377 e.